The second-order valence-electron chi connectivity index (χ2n) is 9.72. The van der Waals surface area contributed by atoms with Gasteiger partial charge in [0.05, 0.1) is 26.4 Å². The van der Waals surface area contributed by atoms with E-state index in [-0.39, 0.29) is 11.7 Å². The number of benzene rings is 2. The van der Waals surface area contributed by atoms with E-state index >= 15 is 0 Å². The second-order valence-corrected chi connectivity index (χ2v) is 9.72. The Morgan fingerprint density at radius 2 is 1.32 bits per heavy atom. The molecule has 0 unspecified atom stereocenters. The van der Waals surface area contributed by atoms with E-state index in [0.717, 1.165) is 24.1 Å². The van der Waals surface area contributed by atoms with Crippen molar-refractivity contribution in [1.82, 2.24) is 20.3 Å². The maximum Gasteiger partial charge on any atom is 0.251 e. The molecule has 0 fully saturated rings. The molecule has 0 saturated heterocycles. The molecule has 3 aromatic rings. The molecule has 0 aliphatic rings. The summed E-state index contributed by atoms with van der Waals surface area (Å²) in [6.45, 7) is 8.68. The summed E-state index contributed by atoms with van der Waals surface area (Å²) in [5.41, 5.74) is 7.78. The third-order valence-corrected chi connectivity index (χ3v) is 5.84. The molecule has 1 amide bonds. The molecule has 0 saturated carbocycles. The zero-order chi connectivity index (χ0) is 29.3. The highest BCUT2D eigenvalue weighted by atomic mass is 19.1. The number of anilines is 3. The molecule has 0 bridgehead atoms. The molecule has 2 aromatic carbocycles. The van der Waals surface area contributed by atoms with E-state index in [1.807, 2.05) is 12.1 Å². The predicted molar refractivity (Wildman–Crippen MR) is 158 cm³/mol. The average Bonchev–Trinajstić information content (AvgIpc) is 2.97. The summed E-state index contributed by atoms with van der Waals surface area (Å²) < 4.78 is 23.9. The molecular formula is C29H41FN8O3. The quantitative estimate of drug-likeness (QED) is 0.136. The maximum atomic E-state index is 13.2. The van der Waals surface area contributed by atoms with Crippen LogP contribution in [0.2, 0.25) is 0 Å². The van der Waals surface area contributed by atoms with Crippen LogP contribution in [0.3, 0.4) is 0 Å². The van der Waals surface area contributed by atoms with Crippen LogP contribution in [-0.2, 0) is 22.6 Å². The monoisotopic (exact) mass is 568 g/mol. The molecule has 0 aliphatic carbocycles. The summed E-state index contributed by atoms with van der Waals surface area (Å²) in [6, 6.07) is 13.6. The Balaban J connectivity index is 1.51. The van der Waals surface area contributed by atoms with Gasteiger partial charge >= 0.3 is 0 Å². The van der Waals surface area contributed by atoms with Crippen LogP contribution in [0.15, 0.2) is 48.5 Å². The Bertz CT molecular complexity index is 1180. The molecule has 12 heteroatoms. The second kappa shape index (κ2) is 17.7. The lowest BCUT2D eigenvalue weighted by atomic mass is 10.1. The highest BCUT2D eigenvalue weighted by Gasteiger charge is 2.09. The van der Waals surface area contributed by atoms with Gasteiger partial charge in [-0.1, -0.05) is 38.1 Å². The van der Waals surface area contributed by atoms with E-state index in [4.69, 9.17) is 15.2 Å². The number of rotatable bonds is 19. The van der Waals surface area contributed by atoms with E-state index in [2.05, 4.69) is 50.1 Å². The number of halogens is 1. The topological polar surface area (TPSA) is 148 Å². The molecule has 6 N–H and O–H groups in total. The zero-order valence-electron chi connectivity index (χ0n) is 23.8. The molecule has 3 rings (SSSR count). The van der Waals surface area contributed by atoms with Gasteiger partial charge in [0.25, 0.3) is 5.91 Å². The van der Waals surface area contributed by atoms with Crippen molar-refractivity contribution < 1.29 is 18.7 Å². The van der Waals surface area contributed by atoms with Gasteiger partial charge < -0.3 is 36.5 Å². The van der Waals surface area contributed by atoms with E-state index in [1.54, 1.807) is 24.3 Å². The molecular weight excluding hydrogens is 527 g/mol. The largest absolute Gasteiger partial charge is 0.378 e. The zero-order valence-corrected chi connectivity index (χ0v) is 23.8. The lowest BCUT2D eigenvalue weighted by molar-refractivity contribution is 0.0511. The van der Waals surface area contributed by atoms with Crippen LogP contribution in [0.5, 0.6) is 0 Å². The maximum absolute atomic E-state index is 13.2. The normalized spacial score (nSPS) is 11.0. The van der Waals surface area contributed by atoms with Crippen molar-refractivity contribution in [3.05, 3.63) is 71.0 Å². The summed E-state index contributed by atoms with van der Waals surface area (Å²) in [5.74, 6) is 1.37. The Morgan fingerprint density at radius 3 is 1.88 bits per heavy atom. The van der Waals surface area contributed by atoms with Crippen LogP contribution >= 0.6 is 0 Å². The molecule has 0 spiro atoms. The lowest BCUT2D eigenvalue weighted by Crippen LogP contribution is -2.27. The molecule has 0 atom stereocenters. The van der Waals surface area contributed by atoms with Gasteiger partial charge in [-0.15, -0.1) is 0 Å². The Hall–Kier alpha value is -3.87. The summed E-state index contributed by atoms with van der Waals surface area (Å²) in [4.78, 5) is 25.9. The van der Waals surface area contributed by atoms with Crippen LogP contribution < -0.4 is 27.0 Å². The fraction of sp³-hybridized carbons (Fsp3) is 0.448. The van der Waals surface area contributed by atoms with Crippen molar-refractivity contribution in [2.45, 2.75) is 33.4 Å². The van der Waals surface area contributed by atoms with Gasteiger partial charge in [-0.25, -0.2) is 4.39 Å². The van der Waals surface area contributed by atoms with Gasteiger partial charge in [-0.2, -0.15) is 15.0 Å². The number of ether oxygens (including phenoxy) is 2. The van der Waals surface area contributed by atoms with Crippen LogP contribution in [0.25, 0.3) is 0 Å². The van der Waals surface area contributed by atoms with Gasteiger partial charge in [0.2, 0.25) is 17.8 Å². The minimum Gasteiger partial charge on any atom is -0.378 e. The van der Waals surface area contributed by atoms with Crippen molar-refractivity contribution in [2.75, 3.05) is 62.0 Å². The smallest absolute Gasteiger partial charge is 0.251 e. The summed E-state index contributed by atoms with van der Waals surface area (Å²) in [6.07, 6.45) is 0.976. The average molecular weight is 569 g/mol. The Labute approximate surface area is 240 Å². The number of nitrogens with two attached hydrogens (primary N) is 1. The number of nitrogens with zero attached hydrogens (tertiary/aromatic N) is 3. The van der Waals surface area contributed by atoms with E-state index in [1.165, 1.54) is 12.1 Å². The summed E-state index contributed by atoms with van der Waals surface area (Å²) in [5, 5.41) is 12.5. The van der Waals surface area contributed by atoms with Crippen molar-refractivity contribution in [2.24, 2.45) is 11.7 Å². The number of nitrogens with one attached hydrogen (secondary N) is 4. The van der Waals surface area contributed by atoms with Gasteiger partial charge in [0.1, 0.15) is 5.82 Å². The van der Waals surface area contributed by atoms with Gasteiger partial charge in [0, 0.05) is 38.3 Å². The van der Waals surface area contributed by atoms with Crippen molar-refractivity contribution >= 4 is 23.8 Å². The molecule has 11 nitrogen and oxygen atoms in total. The number of aromatic nitrogens is 3. The van der Waals surface area contributed by atoms with Gasteiger partial charge in [0.15, 0.2) is 0 Å². The molecule has 1 heterocycles. The molecule has 41 heavy (non-hydrogen) atoms. The first kappa shape index (κ1) is 31.7. The molecule has 222 valence electrons. The first-order chi connectivity index (χ1) is 19.9. The third-order valence-electron chi connectivity index (χ3n) is 5.84. The molecule has 1 aromatic heterocycles. The van der Waals surface area contributed by atoms with Crippen molar-refractivity contribution in [1.29, 1.82) is 0 Å². The standard InChI is InChI=1S/C29H41FN8O3/c1-21(2)11-13-33-27-36-28(38-29(37-27)35-20-23-5-9-25(30)10-6-23)34-19-22-3-7-24(8-4-22)26(39)32-14-16-41-18-17-40-15-12-31/h3-10,21H,11-20,31H2,1-2H3,(H,32,39)(H3,33,34,35,36,37,38). The van der Waals surface area contributed by atoms with Crippen LogP contribution in [0.1, 0.15) is 41.8 Å². The number of hydrogen-bond acceptors (Lipinski definition) is 10. The summed E-state index contributed by atoms with van der Waals surface area (Å²) >= 11 is 0. The number of carbonyl (C=O) groups is 1. The lowest BCUT2D eigenvalue weighted by Gasteiger charge is -2.12. The predicted octanol–water partition coefficient (Wildman–Crippen LogP) is 3.41. The Kier molecular flexibility index (Phi) is 13.7. The number of hydrogen-bond donors (Lipinski definition) is 5. The highest BCUT2D eigenvalue weighted by Crippen LogP contribution is 2.14. The van der Waals surface area contributed by atoms with Crippen molar-refractivity contribution in [3.63, 3.8) is 0 Å². The fourth-order valence-electron chi connectivity index (χ4n) is 3.57. The Morgan fingerprint density at radius 1 is 0.780 bits per heavy atom. The molecule has 0 radical (unpaired) electrons. The minimum atomic E-state index is -0.281. The van der Waals surface area contributed by atoms with E-state index in [0.29, 0.717) is 81.9 Å². The van der Waals surface area contributed by atoms with Crippen LogP contribution in [0, 0.1) is 11.7 Å². The van der Waals surface area contributed by atoms with Gasteiger partial charge in [-0.3, -0.25) is 4.79 Å². The van der Waals surface area contributed by atoms with E-state index in [9.17, 15) is 9.18 Å². The summed E-state index contributed by atoms with van der Waals surface area (Å²) in [7, 11) is 0. The third kappa shape index (κ3) is 12.5. The minimum absolute atomic E-state index is 0.168. The highest BCUT2D eigenvalue weighted by molar-refractivity contribution is 5.94. The first-order valence-electron chi connectivity index (χ1n) is 13.9. The fourth-order valence-corrected chi connectivity index (χ4v) is 3.57. The first-order valence-corrected chi connectivity index (χ1v) is 13.9. The van der Waals surface area contributed by atoms with Crippen LogP contribution in [-0.4, -0.2) is 66.9 Å². The van der Waals surface area contributed by atoms with E-state index < -0.39 is 0 Å². The molecule has 0 aliphatic heterocycles. The SMILES string of the molecule is CC(C)CCNc1nc(NCc2ccc(F)cc2)nc(NCc2ccc(C(=O)NCCOCCOCCN)cc2)n1. The van der Waals surface area contributed by atoms with Crippen LogP contribution in [0.4, 0.5) is 22.2 Å². The van der Waals surface area contributed by atoms with Gasteiger partial charge in [-0.05, 0) is 47.7 Å². The van der Waals surface area contributed by atoms with Crippen molar-refractivity contribution in [3.8, 4) is 0 Å². The number of amides is 1. The number of carbonyl (C=O) groups excluding carboxylic acids is 1.